The van der Waals surface area contributed by atoms with Crippen LogP contribution in [0.2, 0.25) is 0 Å². The van der Waals surface area contributed by atoms with Crippen molar-refractivity contribution in [2.75, 3.05) is 13.1 Å². The quantitative estimate of drug-likeness (QED) is 0.365. The number of piperidine rings is 1. The van der Waals surface area contributed by atoms with E-state index < -0.39 is 0 Å². The van der Waals surface area contributed by atoms with Crippen LogP contribution in [0.1, 0.15) is 75.2 Å². The lowest BCUT2D eigenvalue weighted by molar-refractivity contribution is 0.157. The van der Waals surface area contributed by atoms with Crippen molar-refractivity contribution in [2.45, 2.75) is 72.3 Å². The maximum Gasteiger partial charge on any atom is 0.247 e. The zero-order chi connectivity index (χ0) is 24.0. The molecule has 1 aliphatic heterocycles. The molecule has 6 nitrogen and oxygen atoms in total. The third kappa shape index (κ3) is 4.27. The number of benzene rings is 1. The molecule has 1 saturated heterocycles. The lowest BCUT2D eigenvalue weighted by atomic mass is 9.95. The number of aromatic nitrogens is 4. The van der Waals surface area contributed by atoms with Gasteiger partial charge in [-0.1, -0.05) is 13.8 Å². The van der Waals surface area contributed by atoms with E-state index in [1.54, 1.807) is 0 Å². The fourth-order valence-corrected chi connectivity index (χ4v) is 5.35. The number of nitrogens with zero attached hydrogens (tertiary/aromatic N) is 4. The summed E-state index contributed by atoms with van der Waals surface area (Å²) in [7, 11) is 0. The van der Waals surface area contributed by atoms with Gasteiger partial charge in [-0.05, 0) is 88.9 Å². The summed E-state index contributed by atoms with van der Waals surface area (Å²) in [4.78, 5) is 10.7. The molecule has 1 aliphatic rings. The molecule has 1 aromatic carbocycles. The monoisotopic (exact) mass is 457 g/mol. The van der Waals surface area contributed by atoms with Crippen molar-refractivity contribution in [1.29, 1.82) is 0 Å². The Kier molecular flexibility index (Phi) is 6.02. The number of H-pyrrole nitrogens is 1. The van der Waals surface area contributed by atoms with Crippen LogP contribution in [0.25, 0.3) is 33.6 Å². The maximum absolute atomic E-state index is 6.24. The minimum atomic E-state index is 0.310. The fourth-order valence-electron chi connectivity index (χ4n) is 5.35. The van der Waals surface area contributed by atoms with Crippen molar-refractivity contribution in [3.63, 3.8) is 0 Å². The molecule has 178 valence electrons. The summed E-state index contributed by atoms with van der Waals surface area (Å²) < 4.78 is 6.24. The van der Waals surface area contributed by atoms with Crippen molar-refractivity contribution in [3.05, 3.63) is 53.2 Å². The third-order valence-corrected chi connectivity index (χ3v) is 7.01. The minimum Gasteiger partial charge on any atom is -0.420 e. The average molecular weight is 458 g/mol. The number of aromatic amines is 1. The Morgan fingerprint density at radius 1 is 1.00 bits per heavy atom. The topological polar surface area (TPSA) is 70.8 Å². The van der Waals surface area contributed by atoms with Gasteiger partial charge in [0.15, 0.2) is 0 Å². The Hall–Kier alpha value is -2.99. The predicted octanol–water partition coefficient (Wildman–Crippen LogP) is 6.61. The van der Waals surface area contributed by atoms with Crippen LogP contribution in [-0.4, -0.2) is 44.2 Å². The first kappa shape index (κ1) is 22.8. The smallest absolute Gasteiger partial charge is 0.247 e. The van der Waals surface area contributed by atoms with E-state index in [0.29, 0.717) is 23.8 Å². The highest BCUT2D eigenvalue weighted by atomic mass is 16.4. The van der Waals surface area contributed by atoms with Gasteiger partial charge >= 0.3 is 0 Å². The van der Waals surface area contributed by atoms with E-state index in [1.165, 1.54) is 22.9 Å². The van der Waals surface area contributed by atoms with Crippen LogP contribution in [0.3, 0.4) is 0 Å². The number of hydrogen-bond acceptors (Lipinski definition) is 5. The second-order valence-corrected chi connectivity index (χ2v) is 10.3. The third-order valence-electron chi connectivity index (χ3n) is 7.01. The van der Waals surface area contributed by atoms with Crippen LogP contribution in [-0.2, 0) is 0 Å². The van der Waals surface area contributed by atoms with Crippen molar-refractivity contribution in [1.82, 2.24) is 25.1 Å². The highest BCUT2D eigenvalue weighted by molar-refractivity contribution is 5.93. The fraction of sp³-hybridized carbons (Fsp3) is 0.464. The number of rotatable bonds is 5. The van der Waals surface area contributed by atoms with Gasteiger partial charge in [-0.2, -0.15) is 0 Å². The molecule has 1 fully saturated rings. The molecule has 0 bridgehead atoms. The number of fused-ring (bicyclic) bond motifs is 1. The Labute approximate surface area is 201 Å². The second kappa shape index (κ2) is 8.99. The molecule has 1 atom stereocenters. The van der Waals surface area contributed by atoms with E-state index in [9.17, 15) is 0 Å². The van der Waals surface area contributed by atoms with Gasteiger partial charge in [-0.15, -0.1) is 10.2 Å². The number of pyridine rings is 1. The van der Waals surface area contributed by atoms with E-state index in [2.05, 4.69) is 83.1 Å². The highest BCUT2D eigenvalue weighted by Gasteiger charge is 2.27. The molecule has 0 spiro atoms. The van der Waals surface area contributed by atoms with Crippen LogP contribution >= 0.6 is 0 Å². The van der Waals surface area contributed by atoms with Gasteiger partial charge in [-0.25, -0.2) is 0 Å². The summed E-state index contributed by atoms with van der Waals surface area (Å²) in [5.41, 5.74) is 7.80. The first-order chi connectivity index (χ1) is 16.3. The van der Waals surface area contributed by atoms with E-state index in [1.807, 2.05) is 13.8 Å². The second-order valence-electron chi connectivity index (χ2n) is 10.3. The molecular weight excluding hydrogens is 422 g/mol. The lowest BCUT2D eigenvalue weighted by Gasteiger charge is -2.33. The van der Waals surface area contributed by atoms with Gasteiger partial charge in [0.25, 0.3) is 0 Å². The Morgan fingerprint density at radius 3 is 2.47 bits per heavy atom. The van der Waals surface area contributed by atoms with Crippen LogP contribution in [0.15, 0.2) is 34.7 Å². The van der Waals surface area contributed by atoms with Crippen LogP contribution in [0, 0.1) is 13.8 Å². The Morgan fingerprint density at radius 2 is 1.76 bits per heavy atom. The van der Waals surface area contributed by atoms with E-state index in [-0.39, 0.29) is 0 Å². The summed E-state index contributed by atoms with van der Waals surface area (Å²) in [6.45, 7) is 15.2. The maximum atomic E-state index is 6.24. The first-order valence-corrected chi connectivity index (χ1v) is 12.5. The molecule has 0 radical (unpaired) electrons. The Bertz CT molecular complexity index is 1300. The van der Waals surface area contributed by atoms with Gasteiger partial charge in [0.1, 0.15) is 0 Å². The van der Waals surface area contributed by atoms with Gasteiger partial charge in [0, 0.05) is 46.0 Å². The highest BCUT2D eigenvalue weighted by Crippen LogP contribution is 2.38. The van der Waals surface area contributed by atoms with Crippen LogP contribution in [0.4, 0.5) is 0 Å². The number of nitrogens with one attached hydrogen (secondary N) is 1. The molecule has 3 aromatic heterocycles. The Balaban J connectivity index is 1.52. The number of hydrogen-bond donors (Lipinski definition) is 1. The zero-order valence-electron chi connectivity index (χ0n) is 21.1. The summed E-state index contributed by atoms with van der Waals surface area (Å²) in [5, 5.41) is 10.1. The minimum absolute atomic E-state index is 0.310. The number of likely N-dealkylation sites (tertiary alicyclic amines) is 1. The molecule has 5 rings (SSSR count). The summed E-state index contributed by atoms with van der Waals surface area (Å²) >= 11 is 0. The summed E-state index contributed by atoms with van der Waals surface area (Å²) in [6.07, 6.45) is 2.28. The normalized spacial score (nSPS) is 17.4. The molecule has 6 heteroatoms. The standard InChI is InChI=1S/C28H35N5O/c1-16(2)25-23-14-20(9-10-24(23)30-26(25)22-12-18(5)29-19(6)13-22)27-31-32-28(34-27)21-8-7-11-33(15-21)17(3)4/h9-10,12-14,16-17,21,30H,7-8,11,15H2,1-6H3/t21-/m1/s1. The van der Waals surface area contributed by atoms with Crippen molar-refractivity contribution in [2.24, 2.45) is 0 Å². The van der Waals surface area contributed by atoms with E-state index in [0.717, 1.165) is 53.6 Å². The molecule has 34 heavy (non-hydrogen) atoms. The summed E-state index contributed by atoms with van der Waals surface area (Å²) in [5.74, 6) is 2.04. The largest absolute Gasteiger partial charge is 0.420 e. The summed E-state index contributed by atoms with van der Waals surface area (Å²) in [6, 6.07) is 11.3. The predicted molar refractivity (Wildman–Crippen MR) is 137 cm³/mol. The molecule has 0 aliphatic carbocycles. The SMILES string of the molecule is Cc1cc(-c2[nH]c3ccc(-c4nnc([C@@H]5CCCN(C(C)C)C5)o4)cc3c2C(C)C)cc(C)n1. The van der Waals surface area contributed by atoms with Crippen LogP contribution in [0.5, 0.6) is 0 Å². The van der Waals surface area contributed by atoms with E-state index in [4.69, 9.17) is 4.42 Å². The first-order valence-electron chi connectivity index (χ1n) is 12.5. The van der Waals surface area contributed by atoms with Gasteiger partial charge < -0.3 is 14.3 Å². The van der Waals surface area contributed by atoms with E-state index >= 15 is 0 Å². The zero-order valence-corrected chi connectivity index (χ0v) is 21.1. The molecule has 0 unspecified atom stereocenters. The van der Waals surface area contributed by atoms with Crippen molar-refractivity contribution in [3.8, 4) is 22.7 Å². The lowest BCUT2D eigenvalue weighted by Crippen LogP contribution is -2.39. The van der Waals surface area contributed by atoms with Gasteiger partial charge in [0.05, 0.1) is 11.6 Å². The molecule has 1 N–H and O–H groups in total. The molecular formula is C28H35N5O. The molecule has 4 heterocycles. The van der Waals surface area contributed by atoms with Gasteiger partial charge in [0.2, 0.25) is 11.8 Å². The molecule has 4 aromatic rings. The number of aryl methyl sites for hydroxylation is 2. The van der Waals surface area contributed by atoms with Crippen molar-refractivity contribution < 1.29 is 4.42 Å². The van der Waals surface area contributed by atoms with Crippen molar-refractivity contribution >= 4 is 10.9 Å². The van der Waals surface area contributed by atoms with Crippen LogP contribution < -0.4 is 0 Å². The average Bonchev–Trinajstić information content (AvgIpc) is 3.43. The van der Waals surface area contributed by atoms with Gasteiger partial charge in [-0.3, -0.25) is 4.98 Å². The molecule has 0 amide bonds. The molecule has 0 saturated carbocycles.